The Balaban J connectivity index is 3.12. The highest BCUT2D eigenvalue weighted by Gasteiger charge is 2.17. The van der Waals surface area contributed by atoms with Gasteiger partial charge in [0.25, 0.3) is 0 Å². The van der Waals surface area contributed by atoms with Gasteiger partial charge in [-0.2, -0.15) is 0 Å². The topological polar surface area (TPSA) is 64.6 Å². The molecule has 1 aromatic rings. The second-order valence-corrected chi connectivity index (χ2v) is 3.97. The number of carbonyl (C=O) groups is 2. The van der Waals surface area contributed by atoms with E-state index in [0.717, 1.165) is 22.4 Å². The van der Waals surface area contributed by atoms with Crippen LogP contribution in [0.4, 0.5) is 5.69 Å². The largest absolute Gasteiger partial charge is 0.496 e. The van der Waals surface area contributed by atoms with Gasteiger partial charge in [-0.05, 0) is 43.5 Å². The molecule has 0 aliphatic heterocycles. The van der Waals surface area contributed by atoms with Gasteiger partial charge in [-0.15, -0.1) is 0 Å². The molecule has 1 amide bonds. The zero-order valence-electron chi connectivity index (χ0n) is 11.2. The molecule has 0 spiro atoms. The number of amides is 1. The molecule has 0 aromatic heterocycles. The molecule has 1 rings (SSSR count). The van der Waals surface area contributed by atoms with E-state index < -0.39 is 11.9 Å². The first kappa shape index (κ1) is 14.0. The van der Waals surface area contributed by atoms with Crippen molar-refractivity contribution < 1.29 is 19.1 Å². The highest BCUT2D eigenvalue weighted by molar-refractivity contribution is 6.37. The monoisotopic (exact) mass is 251 g/mol. The van der Waals surface area contributed by atoms with Crippen LogP contribution in [-0.4, -0.2) is 26.1 Å². The number of carbonyl (C=O) groups excluding carboxylic acids is 2. The summed E-state index contributed by atoms with van der Waals surface area (Å²) in [5.74, 6) is -0.923. The maximum Gasteiger partial charge on any atom is 0.396 e. The molecular weight excluding hydrogens is 234 g/mol. The lowest BCUT2D eigenvalue weighted by atomic mass is 10.0. The minimum absolute atomic E-state index is 0.584. The molecule has 0 saturated heterocycles. The molecule has 5 heteroatoms. The smallest absolute Gasteiger partial charge is 0.396 e. The number of esters is 1. The molecule has 1 aromatic carbocycles. The van der Waals surface area contributed by atoms with E-state index in [9.17, 15) is 9.59 Å². The van der Waals surface area contributed by atoms with Crippen LogP contribution in [0.2, 0.25) is 0 Å². The Labute approximate surface area is 106 Å². The van der Waals surface area contributed by atoms with Crippen molar-refractivity contribution in [2.24, 2.45) is 0 Å². The molecule has 0 bridgehead atoms. The summed E-state index contributed by atoms with van der Waals surface area (Å²) >= 11 is 0. The number of hydrogen-bond acceptors (Lipinski definition) is 4. The van der Waals surface area contributed by atoms with Gasteiger partial charge in [0.2, 0.25) is 0 Å². The van der Waals surface area contributed by atoms with E-state index in [-0.39, 0.29) is 0 Å². The van der Waals surface area contributed by atoms with E-state index in [1.165, 1.54) is 7.11 Å². The zero-order valence-corrected chi connectivity index (χ0v) is 11.2. The van der Waals surface area contributed by atoms with E-state index in [2.05, 4.69) is 10.1 Å². The second kappa shape index (κ2) is 5.53. The molecule has 5 nitrogen and oxygen atoms in total. The first-order chi connectivity index (χ1) is 8.42. The lowest BCUT2D eigenvalue weighted by Crippen LogP contribution is -2.24. The maximum atomic E-state index is 11.5. The van der Waals surface area contributed by atoms with E-state index in [1.54, 1.807) is 13.2 Å². The number of benzene rings is 1. The Bertz CT molecular complexity index is 494. The maximum absolute atomic E-state index is 11.5. The summed E-state index contributed by atoms with van der Waals surface area (Å²) in [6.07, 6.45) is 0. The predicted molar refractivity (Wildman–Crippen MR) is 67.9 cm³/mol. The molecule has 0 aliphatic rings. The summed E-state index contributed by atoms with van der Waals surface area (Å²) in [4.78, 5) is 22.5. The average molecular weight is 251 g/mol. The molecule has 18 heavy (non-hydrogen) atoms. The third-order valence-electron chi connectivity index (χ3n) is 2.85. The highest BCUT2D eigenvalue weighted by Crippen LogP contribution is 2.31. The molecule has 98 valence electrons. The minimum Gasteiger partial charge on any atom is -0.496 e. The third kappa shape index (κ3) is 2.61. The van der Waals surface area contributed by atoms with Crippen molar-refractivity contribution in [2.75, 3.05) is 19.5 Å². The van der Waals surface area contributed by atoms with E-state index in [4.69, 9.17) is 4.74 Å². The molecule has 0 heterocycles. The lowest BCUT2D eigenvalue weighted by Gasteiger charge is -2.15. The zero-order chi connectivity index (χ0) is 13.9. The molecule has 0 aliphatic carbocycles. The molecule has 0 unspecified atom stereocenters. The van der Waals surface area contributed by atoms with Gasteiger partial charge in [-0.25, -0.2) is 4.79 Å². The summed E-state index contributed by atoms with van der Waals surface area (Å²) in [5, 5.41) is 2.52. The first-order valence-corrected chi connectivity index (χ1v) is 5.46. The molecule has 0 saturated carbocycles. The standard InChI is InChI=1S/C13H17NO4/c1-7-6-10(14-12(15)13(16)18-5)8(2)9(3)11(7)17-4/h6H,1-5H3,(H,14,15). The Kier molecular flexibility index (Phi) is 4.31. The number of nitrogens with one attached hydrogen (secondary N) is 1. The SMILES string of the molecule is COC(=O)C(=O)Nc1cc(C)c(OC)c(C)c1C. The van der Waals surface area contributed by atoms with Gasteiger partial charge in [0.1, 0.15) is 5.75 Å². The van der Waals surface area contributed by atoms with Crippen LogP contribution in [0.5, 0.6) is 5.75 Å². The Morgan fingerprint density at radius 2 is 1.72 bits per heavy atom. The lowest BCUT2D eigenvalue weighted by molar-refractivity contribution is -0.150. The second-order valence-electron chi connectivity index (χ2n) is 3.97. The van der Waals surface area contributed by atoms with Crippen LogP contribution in [0.1, 0.15) is 16.7 Å². The molecule has 0 radical (unpaired) electrons. The van der Waals surface area contributed by atoms with E-state index in [1.807, 2.05) is 20.8 Å². The fourth-order valence-corrected chi connectivity index (χ4v) is 1.77. The summed E-state index contributed by atoms with van der Waals surface area (Å²) in [5.41, 5.74) is 3.26. The van der Waals surface area contributed by atoms with Gasteiger partial charge >= 0.3 is 11.9 Å². The normalized spacial score (nSPS) is 9.83. The number of hydrogen-bond donors (Lipinski definition) is 1. The predicted octanol–water partition coefficient (Wildman–Crippen LogP) is 1.73. The summed E-state index contributed by atoms with van der Waals surface area (Å²) in [6.45, 7) is 5.62. The van der Waals surface area contributed by atoms with Crippen molar-refractivity contribution in [1.29, 1.82) is 0 Å². The first-order valence-electron chi connectivity index (χ1n) is 5.46. The molecule has 0 fully saturated rings. The number of methoxy groups -OCH3 is 2. The molecular formula is C13H17NO4. The van der Waals surface area contributed by atoms with Crippen molar-refractivity contribution in [2.45, 2.75) is 20.8 Å². The van der Waals surface area contributed by atoms with Gasteiger partial charge in [0.05, 0.1) is 14.2 Å². The summed E-state index contributed by atoms with van der Waals surface area (Å²) in [6, 6.07) is 1.77. The fraction of sp³-hybridized carbons (Fsp3) is 0.385. The van der Waals surface area contributed by atoms with Crippen LogP contribution in [0.25, 0.3) is 0 Å². The Morgan fingerprint density at radius 3 is 2.22 bits per heavy atom. The number of ether oxygens (including phenoxy) is 2. The average Bonchev–Trinajstić information content (AvgIpc) is 2.35. The van der Waals surface area contributed by atoms with Crippen molar-refractivity contribution >= 4 is 17.6 Å². The van der Waals surface area contributed by atoms with E-state index >= 15 is 0 Å². The van der Waals surface area contributed by atoms with Crippen LogP contribution >= 0.6 is 0 Å². The quantitative estimate of drug-likeness (QED) is 0.642. The van der Waals surface area contributed by atoms with Crippen molar-refractivity contribution in [3.63, 3.8) is 0 Å². The van der Waals surface area contributed by atoms with Gasteiger partial charge in [-0.3, -0.25) is 4.79 Å². The Morgan fingerprint density at radius 1 is 1.11 bits per heavy atom. The van der Waals surface area contributed by atoms with Crippen molar-refractivity contribution in [3.8, 4) is 5.75 Å². The van der Waals surface area contributed by atoms with Crippen LogP contribution in [0.15, 0.2) is 6.07 Å². The third-order valence-corrected chi connectivity index (χ3v) is 2.85. The van der Waals surface area contributed by atoms with Crippen molar-refractivity contribution in [1.82, 2.24) is 0 Å². The number of rotatable bonds is 2. The van der Waals surface area contributed by atoms with Gasteiger partial charge < -0.3 is 14.8 Å². The van der Waals surface area contributed by atoms with Gasteiger partial charge in [0.15, 0.2) is 0 Å². The summed E-state index contributed by atoms with van der Waals surface area (Å²) in [7, 11) is 2.76. The van der Waals surface area contributed by atoms with E-state index in [0.29, 0.717) is 5.69 Å². The molecule has 1 N–H and O–H groups in total. The molecule has 0 atom stereocenters. The van der Waals surface area contributed by atoms with Gasteiger partial charge in [-0.1, -0.05) is 0 Å². The Hall–Kier alpha value is -2.04. The van der Waals surface area contributed by atoms with Gasteiger partial charge in [0, 0.05) is 5.69 Å². The van der Waals surface area contributed by atoms with Crippen LogP contribution < -0.4 is 10.1 Å². The highest BCUT2D eigenvalue weighted by atomic mass is 16.5. The number of anilines is 1. The summed E-state index contributed by atoms with van der Waals surface area (Å²) < 4.78 is 9.63. The van der Waals surface area contributed by atoms with Crippen LogP contribution in [-0.2, 0) is 14.3 Å². The fourth-order valence-electron chi connectivity index (χ4n) is 1.77. The van der Waals surface area contributed by atoms with Crippen LogP contribution in [0, 0.1) is 20.8 Å². The minimum atomic E-state index is -0.916. The van der Waals surface area contributed by atoms with Crippen molar-refractivity contribution in [3.05, 3.63) is 22.8 Å². The van der Waals surface area contributed by atoms with Crippen LogP contribution in [0.3, 0.4) is 0 Å². The number of aryl methyl sites for hydroxylation is 1.